The van der Waals surface area contributed by atoms with Crippen LogP contribution in [-0.4, -0.2) is 39.7 Å². The Bertz CT molecular complexity index is 533. The molecule has 0 fully saturated rings. The third-order valence-electron chi connectivity index (χ3n) is 2.44. The second kappa shape index (κ2) is 5.98. The van der Waals surface area contributed by atoms with Gasteiger partial charge in [-0.1, -0.05) is 0 Å². The molecule has 1 aromatic carbocycles. The molecule has 0 bridgehead atoms. The molecule has 0 atom stereocenters. The number of sulfonamides is 1. The maximum atomic E-state index is 12.3. The Balaban J connectivity index is 3.37. The molecule has 0 amide bonds. The molecule has 18 heavy (non-hydrogen) atoms. The molecule has 0 aliphatic carbocycles. The second-order valence-electron chi connectivity index (χ2n) is 3.71. The molecule has 0 radical (unpaired) electrons. The van der Waals surface area contributed by atoms with Gasteiger partial charge in [-0.3, -0.25) is 0 Å². The number of ether oxygens (including phenoxy) is 1. The average molecular weight is 383 g/mol. The van der Waals surface area contributed by atoms with Crippen LogP contribution in [0.2, 0.25) is 0 Å². The van der Waals surface area contributed by atoms with Crippen LogP contribution in [0.3, 0.4) is 0 Å². The first-order chi connectivity index (χ1) is 8.34. The number of rotatable bonds is 5. The molecule has 5 nitrogen and oxygen atoms in total. The molecule has 7 heteroatoms. The van der Waals surface area contributed by atoms with Crippen molar-refractivity contribution in [1.29, 1.82) is 0 Å². The van der Waals surface area contributed by atoms with Gasteiger partial charge < -0.3 is 9.53 Å². The van der Waals surface area contributed by atoms with Crippen molar-refractivity contribution in [2.24, 2.45) is 0 Å². The summed E-state index contributed by atoms with van der Waals surface area (Å²) in [5.41, 5.74) is 0.594. The molecule has 0 saturated carbocycles. The van der Waals surface area contributed by atoms with Crippen molar-refractivity contribution >= 4 is 38.9 Å². The van der Waals surface area contributed by atoms with E-state index < -0.39 is 10.0 Å². The van der Waals surface area contributed by atoms with Gasteiger partial charge in [0.1, 0.15) is 12.0 Å². The molecule has 0 unspecified atom stereocenters. The minimum absolute atomic E-state index is 0.163. The van der Waals surface area contributed by atoms with E-state index in [1.54, 1.807) is 19.1 Å². The van der Waals surface area contributed by atoms with Gasteiger partial charge in [-0.2, -0.15) is 4.31 Å². The van der Waals surface area contributed by atoms with E-state index in [2.05, 4.69) is 0 Å². The molecule has 0 aliphatic rings. The van der Waals surface area contributed by atoms with Crippen molar-refractivity contribution in [3.8, 4) is 5.75 Å². The first-order valence-electron chi connectivity index (χ1n) is 5.08. The van der Waals surface area contributed by atoms with Gasteiger partial charge in [-0.25, -0.2) is 8.42 Å². The molecular weight excluding hydrogens is 369 g/mol. The molecule has 0 spiro atoms. The van der Waals surface area contributed by atoms with Crippen LogP contribution in [0.15, 0.2) is 17.0 Å². The minimum Gasteiger partial charge on any atom is -0.497 e. The summed E-state index contributed by atoms with van der Waals surface area (Å²) >= 11 is 1.95. The van der Waals surface area contributed by atoms with Crippen LogP contribution in [0.25, 0.3) is 0 Å². The van der Waals surface area contributed by atoms with E-state index >= 15 is 0 Å². The highest BCUT2D eigenvalue weighted by atomic mass is 127. The van der Waals surface area contributed by atoms with Crippen LogP contribution in [0.4, 0.5) is 0 Å². The van der Waals surface area contributed by atoms with Crippen LogP contribution in [-0.2, 0) is 14.8 Å². The highest BCUT2D eigenvalue weighted by Crippen LogP contribution is 2.29. The number of halogens is 1. The zero-order valence-electron chi connectivity index (χ0n) is 10.3. The van der Waals surface area contributed by atoms with Crippen molar-refractivity contribution in [3.05, 3.63) is 21.3 Å². The lowest BCUT2D eigenvalue weighted by molar-refractivity contribution is -0.107. The second-order valence-corrected chi connectivity index (χ2v) is 6.85. The zero-order chi connectivity index (χ0) is 13.9. The fourth-order valence-corrected chi connectivity index (χ4v) is 4.41. The third kappa shape index (κ3) is 3.01. The lowest BCUT2D eigenvalue weighted by Gasteiger charge is -2.18. The fraction of sp³-hybridized carbons (Fsp3) is 0.364. The Hall–Kier alpha value is -0.670. The molecule has 0 aromatic heterocycles. The topological polar surface area (TPSA) is 63.7 Å². The molecule has 0 aliphatic heterocycles. The molecule has 0 N–H and O–H groups in total. The van der Waals surface area contributed by atoms with Gasteiger partial charge in [0.15, 0.2) is 0 Å². The summed E-state index contributed by atoms with van der Waals surface area (Å²) in [5.74, 6) is 0.605. The van der Waals surface area contributed by atoms with Crippen LogP contribution in [0.5, 0.6) is 5.75 Å². The van der Waals surface area contributed by atoms with Crippen molar-refractivity contribution in [3.63, 3.8) is 0 Å². The summed E-state index contributed by atoms with van der Waals surface area (Å²) in [6.07, 6.45) is 0.559. The normalized spacial score (nSPS) is 11.6. The molecular formula is C11H14INO4S. The van der Waals surface area contributed by atoms with E-state index in [0.29, 0.717) is 21.2 Å². The van der Waals surface area contributed by atoms with Crippen LogP contribution >= 0.6 is 22.6 Å². The largest absolute Gasteiger partial charge is 0.497 e. The molecule has 0 heterocycles. The molecule has 1 rings (SSSR count). The lowest BCUT2D eigenvalue weighted by atomic mass is 10.2. The number of methoxy groups -OCH3 is 1. The van der Waals surface area contributed by atoms with Crippen LogP contribution in [0, 0.1) is 10.5 Å². The molecule has 100 valence electrons. The summed E-state index contributed by atoms with van der Waals surface area (Å²) in [6.45, 7) is 1.54. The quantitative estimate of drug-likeness (QED) is 0.570. The predicted octanol–water partition coefficient (Wildman–Crippen LogP) is 1.43. The average Bonchev–Trinajstić information content (AvgIpc) is 2.27. The SMILES string of the molecule is COc1cc(C)c(S(=O)(=O)N(C)CC=O)c(I)c1. The van der Waals surface area contributed by atoms with Gasteiger partial charge in [0, 0.05) is 10.6 Å². The van der Waals surface area contributed by atoms with Gasteiger partial charge in [-0.05, 0) is 47.2 Å². The predicted molar refractivity (Wildman–Crippen MR) is 76.3 cm³/mol. The number of benzene rings is 1. The van der Waals surface area contributed by atoms with Gasteiger partial charge in [0.2, 0.25) is 10.0 Å². The Morgan fingerprint density at radius 2 is 2.06 bits per heavy atom. The third-order valence-corrected chi connectivity index (χ3v) is 5.68. The summed E-state index contributed by atoms with van der Waals surface area (Å²) < 4.78 is 31.2. The monoisotopic (exact) mass is 383 g/mol. The number of carbonyl (C=O) groups excluding carboxylic acids is 1. The van der Waals surface area contributed by atoms with Crippen molar-refractivity contribution < 1.29 is 17.9 Å². The number of hydrogen-bond donors (Lipinski definition) is 0. The first kappa shape index (κ1) is 15.4. The highest BCUT2D eigenvalue weighted by molar-refractivity contribution is 14.1. The van der Waals surface area contributed by atoms with E-state index in [4.69, 9.17) is 4.74 Å². The standard InChI is InChI=1S/C11H14INO4S/c1-8-6-9(17-3)7-10(12)11(8)18(15,16)13(2)4-5-14/h5-7H,4H2,1-3H3. The first-order valence-corrected chi connectivity index (χ1v) is 7.60. The Kier molecular flexibility index (Phi) is 5.11. The van der Waals surface area contributed by atoms with E-state index in [9.17, 15) is 13.2 Å². The summed E-state index contributed by atoms with van der Waals surface area (Å²) in [5, 5.41) is 0. The fourth-order valence-electron chi connectivity index (χ4n) is 1.50. The Morgan fingerprint density at radius 3 is 2.50 bits per heavy atom. The smallest absolute Gasteiger partial charge is 0.244 e. The van der Waals surface area contributed by atoms with Crippen LogP contribution in [0.1, 0.15) is 5.56 Å². The Morgan fingerprint density at radius 1 is 1.44 bits per heavy atom. The summed E-state index contributed by atoms with van der Waals surface area (Å²) in [4.78, 5) is 10.7. The number of aryl methyl sites for hydroxylation is 1. The minimum atomic E-state index is -3.65. The molecule has 1 aromatic rings. The van der Waals surface area contributed by atoms with E-state index in [0.717, 1.165) is 4.31 Å². The van der Waals surface area contributed by atoms with Crippen molar-refractivity contribution in [1.82, 2.24) is 4.31 Å². The summed E-state index contributed by atoms with van der Waals surface area (Å²) in [6, 6.07) is 3.30. The lowest BCUT2D eigenvalue weighted by Crippen LogP contribution is -2.29. The summed E-state index contributed by atoms with van der Waals surface area (Å²) in [7, 11) is -0.745. The van der Waals surface area contributed by atoms with E-state index in [1.807, 2.05) is 22.6 Å². The van der Waals surface area contributed by atoms with Gasteiger partial charge in [-0.15, -0.1) is 0 Å². The van der Waals surface area contributed by atoms with Gasteiger partial charge >= 0.3 is 0 Å². The Labute approximate surface area is 120 Å². The van der Waals surface area contributed by atoms with E-state index in [-0.39, 0.29) is 11.4 Å². The molecule has 0 saturated heterocycles. The number of carbonyl (C=O) groups is 1. The van der Waals surface area contributed by atoms with Crippen molar-refractivity contribution in [2.75, 3.05) is 20.7 Å². The number of nitrogens with zero attached hydrogens (tertiary/aromatic N) is 1. The van der Waals surface area contributed by atoms with Gasteiger partial charge in [0.25, 0.3) is 0 Å². The van der Waals surface area contributed by atoms with Crippen LogP contribution < -0.4 is 4.74 Å². The number of likely N-dealkylation sites (N-methyl/N-ethyl adjacent to an activating group) is 1. The number of hydrogen-bond acceptors (Lipinski definition) is 4. The zero-order valence-corrected chi connectivity index (χ0v) is 13.3. The maximum Gasteiger partial charge on any atom is 0.244 e. The van der Waals surface area contributed by atoms with Gasteiger partial charge in [0.05, 0.1) is 18.6 Å². The van der Waals surface area contributed by atoms with Crippen molar-refractivity contribution in [2.45, 2.75) is 11.8 Å². The maximum absolute atomic E-state index is 12.3. The number of aldehydes is 1. The van der Waals surface area contributed by atoms with E-state index in [1.165, 1.54) is 14.2 Å². The highest BCUT2D eigenvalue weighted by Gasteiger charge is 2.25.